The predicted molar refractivity (Wildman–Crippen MR) is 92.1 cm³/mol. The molecule has 1 N–H and O–H groups in total. The Bertz CT molecular complexity index is 573. The molecule has 2 nitrogen and oxygen atoms in total. The van der Waals surface area contributed by atoms with E-state index in [1.165, 1.54) is 29.5 Å². The van der Waals surface area contributed by atoms with Crippen molar-refractivity contribution in [3.63, 3.8) is 0 Å². The van der Waals surface area contributed by atoms with E-state index in [4.69, 9.17) is 16.3 Å². The lowest BCUT2D eigenvalue weighted by Crippen LogP contribution is -2.32. The van der Waals surface area contributed by atoms with E-state index >= 15 is 0 Å². The topological polar surface area (TPSA) is 21.3 Å². The summed E-state index contributed by atoms with van der Waals surface area (Å²) in [4.78, 5) is 0. The van der Waals surface area contributed by atoms with Gasteiger partial charge < -0.3 is 10.1 Å². The Kier molecular flexibility index (Phi) is 5.49. The number of hydrogen-bond acceptors (Lipinski definition) is 2. The van der Waals surface area contributed by atoms with Gasteiger partial charge in [-0.25, -0.2) is 0 Å². The largest absolute Gasteiger partial charge is 0.376 e. The Balaban J connectivity index is 1.51. The molecular weight excluding hydrogens is 294 g/mol. The number of nitrogens with one attached hydrogen (secondary N) is 1. The maximum atomic E-state index is 5.92. The summed E-state index contributed by atoms with van der Waals surface area (Å²) >= 11 is 5.92. The molecular formula is C19H22ClNO. The van der Waals surface area contributed by atoms with Gasteiger partial charge in [0.25, 0.3) is 0 Å². The molecule has 116 valence electrons. The first kappa shape index (κ1) is 15.5. The van der Waals surface area contributed by atoms with E-state index < -0.39 is 0 Å². The summed E-state index contributed by atoms with van der Waals surface area (Å²) in [6.07, 6.45) is 2.55. The maximum absolute atomic E-state index is 5.92. The highest BCUT2D eigenvalue weighted by Crippen LogP contribution is 2.22. The zero-order valence-corrected chi connectivity index (χ0v) is 13.5. The van der Waals surface area contributed by atoms with Crippen LogP contribution in [0, 0.1) is 5.92 Å². The van der Waals surface area contributed by atoms with Crippen molar-refractivity contribution in [2.45, 2.75) is 19.4 Å². The summed E-state index contributed by atoms with van der Waals surface area (Å²) in [6.45, 7) is 3.79. The zero-order valence-electron chi connectivity index (χ0n) is 12.7. The molecule has 1 aliphatic heterocycles. The van der Waals surface area contributed by atoms with Crippen molar-refractivity contribution in [3.8, 4) is 11.1 Å². The summed E-state index contributed by atoms with van der Waals surface area (Å²) in [7, 11) is 0. The molecule has 3 heteroatoms. The monoisotopic (exact) mass is 315 g/mol. The second-order valence-corrected chi connectivity index (χ2v) is 6.37. The fraction of sp³-hybridized carbons (Fsp3) is 0.368. The van der Waals surface area contributed by atoms with E-state index in [0.717, 1.165) is 24.7 Å². The Morgan fingerprint density at radius 1 is 1.00 bits per heavy atom. The molecule has 1 atom stereocenters. The molecule has 1 heterocycles. The number of benzene rings is 2. The molecule has 0 amide bonds. The van der Waals surface area contributed by atoms with Crippen LogP contribution >= 0.6 is 11.6 Å². The van der Waals surface area contributed by atoms with Crippen molar-refractivity contribution in [2.75, 3.05) is 19.7 Å². The van der Waals surface area contributed by atoms with E-state index in [1.807, 2.05) is 24.3 Å². The number of hydrogen-bond donors (Lipinski definition) is 1. The van der Waals surface area contributed by atoms with Crippen LogP contribution in [0.3, 0.4) is 0 Å². The lowest BCUT2D eigenvalue weighted by atomic mass is 10.0. The minimum absolute atomic E-state index is 0.669. The van der Waals surface area contributed by atoms with Crippen LogP contribution in [-0.4, -0.2) is 19.7 Å². The van der Waals surface area contributed by atoms with Crippen LogP contribution in [-0.2, 0) is 11.3 Å². The quantitative estimate of drug-likeness (QED) is 0.875. The predicted octanol–water partition coefficient (Wildman–Crippen LogP) is 4.52. The highest BCUT2D eigenvalue weighted by molar-refractivity contribution is 6.30. The van der Waals surface area contributed by atoms with Gasteiger partial charge in [-0.3, -0.25) is 0 Å². The molecule has 0 aromatic heterocycles. The molecule has 0 radical (unpaired) electrons. The molecule has 0 saturated carbocycles. The Hall–Kier alpha value is -1.35. The summed E-state index contributed by atoms with van der Waals surface area (Å²) in [5.41, 5.74) is 3.61. The molecule has 0 bridgehead atoms. The SMILES string of the molecule is Clc1ccc(-c2ccc(COCC3CCCNC3)cc2)cc1. The molecule has 1 saturated heterocycles. The first-order valence-corrected chi connectivity index (χ1v) is 8.32. The molecule has 1 aliphatic rings. The molecule has 1 unspecified atom stereocenters. The van der Waals surface area contributed by atoms with Gasteiger partial charge in [0.2, 0.25) is 0 Å². The second kappa shape index (κ2) is 7.77. The van der Waals surface area contributed by atoms with Gasteiger partial charge in [0.1, 0.15) is 0 Å². The fourth-order valence-corrected chi connectivity index (χ4v) is 2.97. The highest BCUT2D eigenvalue weighted by Gasteiger charge is 2.12. The third-order valence-electron chi connectivity index (χ3n) is 4.15. The van der Waals surface area contributed by atoms with E-state index in [2.05, 4.69) is 29.6 Å². The molecule has 0 spiro atoms. The Morgan fingerprint density at radius 2 is 1.68 bits per heavy atom. The van der Waals surface area contributed by atoms with Gasteiger partial charge in [-0.05, 0) is 54.1 Å². The van der Waals surface area contributed by atoms with Gasteiger partial charge in [-0.2, -0.15) is 0 Å². The standard InChI is InChI=1S/C19H22ClNO/c20-19-9-7-18(8-10-19)17-5-3-15(4-6-17)13-22-14-16-2-1-11-21-12-16/h3-10,16,21H,1-2,11-14H2. The first-order valence-electron chi connectivity index (χ1n) is 7.94. The van der Waals surface area contributed by atoms with Crippen molar-refractivity contribution in [1.29, 1.82) is 0 Å². The van der Waals surface area contributed by atoms with E-state index in [0.29, 0.717) is 12.5 Å². The molecule has 22 heavy (non-hydrogen) atoms. The number of halogens is 1. The van der Waals surface area contributed by atoms with Crippen LogP contribution in [0.1, 0.15) is 18.4 Å². The van der Waals surface area contributed by atoms with E-state index in [1.54, 1.807) is 0 Å². The molecule has 2 aromatic rings. The minimum atomic E-state index is 0.669. The lowest BCUT2D eigenvalue weighted by Gasteiger charge is -2.22. The van der Waals surface area contributed by atoms with Crippen molar-refractivity contribution in [2.24, 2.45) is 5.92 Å². The van der Waals surface area contributed by atoms with Crippen molar-refractivity contribution >= 4 is 11.6 Å². The molecule has 0 aliphatic carbocycles. The van der Waals surface area contributed by atoms with Crippen LogP contribution in [0.5, 0.6) is 0 Å². The molecule has 3 rings (SSSR count). The third-order valence-corrected chi connectivity index (χ3v) is 4.40. The molecule has 1 fully saturated rings. The number of ether oxygens (including phenoxy) is 1. The van der Waals surface area contributed by atoms with Gasteiger partial charge >= 0.3 is 0 Å². The van der Waals surface area contributed by atoms with Gasteiger partial charge in [0.05, 0.1) is 13.2 Å². The number of piperidine rings is 1. The maximum Gasteiger partial charge on any atom is 0.0717 e. The van der Waals surface area contributed by atoms with E-state index in [9.17, 15) is 0 Å². The average Bonchev–Trinajstić information content (AvgIpc) is 2.57. The lowest BCUT2D eigenvalue weighted by molar-refractivity contribution is 0.0783. The van der Waals surface area contributed by atoms with Gasteiger partial charge in [-0.1, -0.05) is 48.0 Å². The smallest absolute Gasteiger partial charge is 0.0717 e. The van der Waals surface area contributed by atoms with Crippen LogP contribution in [0.2, 0.25) is 5.02 Å². The first-order chi connectivity index (χ1) is 10.8. The van der Waals surface area contributed by atoms with E-state index in [-0.39, 0.29) is 0 Å². The van der Waals surface area contributed by atoms with Gasteiger partial charge in [0.15, 0.2) is 0 Å². The van der Waals surface area contributed by atoms with Crippen LogP contribution in [0.4, 0.5) is 0 Å². The summed E-state index contributed by atoms with van der Waals surface area (Å²) in [6, 6.07) is 16.5. The van der Waals surface area contributed by atoms with Gasteiger partial charge in [-0.15, -0.1) is 0 Å². The van der Waals surface area contributed by atoms with Crippen molar-refractivity contribution in [3.05, 3.63) is 59.1 Å². The fourth-order valence-electron chi connectivity index (χ4n) is 2.85. The minimum Gasteiger partial charge on any atom is -0.376 e. The zero-order chi connectivity index (χ0) is 15.2. The average molecular weight is 316 g/mol. The summed E-state index contributed by atoms with van der Waals surface area (Å²) < 4.78 is 5.86. The van der Waals surface area contributed by atoms with Crippen LogP contribution in [0.25, 0.3) is 11.1 Å². The van der Waals surface area contributed by atoms with Crippen molar-refractivity contribution < 1.29 is 4.74 Å². The Labute approximate surface area is 137 Å². The van der Waals surface area contributed by atoms with Crippen LogP contribution < -0.4 is 5.32 Å². The highest BCUT2D eigenvalue weighted by atomic mass is 35.5. The molecule has 2 aromatic carbocycles. The van der Waals surface area contributed by atoms with Crippen LogP contribution in [0.15, 0.2) is 48.5 Å². The summed E-state index contributed by atoms with van der Waals surface area (Å²) in [5, 5.41) is 4.19. The Morgan fingerprint density at radius 3 is 2.32 bits per heavy atom. The number of rotatable bonds is 5. The summed E-state index contributed by atoms with van der Waals surface area (Å²) in [5.74, 6) is 0.669. The van der Waals surface area contributed by atoms with Crippen molar-refractivity contribution in [1.82, 2.24) is 5.32 Å². The second-order valence-electron chi connectivity index (χ2n) is 5.93. The third kappa shape index (κ3) is 4.33. The van der Waals surface area contributed by atoms with Gasteiger partial charge in [0, 0.05) is 11.6 Å². The normalized spacial score (nSPS) is 18.3.